The highest BCUT2D eigenvalue weighted by molar-refractivity contribution is 6.04. The Bertz CT molecular complexity index is 622. The van der Waals surface area contributed by atoms with Crippen LogP contribution in [0.1, 0.15) is 42.1 Å². The van der Waals surface area contributed by atoms with Gasteiger partial charge in [-0.15, -0.1) is 0 Å². The molecule has 0 aliphatic heterocycles. The minimum atomic E-state index is -0.129. The van der Waals surface area contributed by atoms with Crippen LogP contribution >= 0.6 is 0 Å². The van der Waals surface area contributed by atoms with Crippen molar-refractivity contribution in [1.82, 2.24) is 0 Å². The predicted octanol–water partition coefficient (Wildman–Crippen LogP) is 4.46. The monoisotopic (exact) mass is 283 g/mol. The summed E-state index contributed by atoms with van der Waals surface area (Å²) >= 11 is 0. The summed E-state index contributed by atoms with van der Waals surface area (Å²) in [5, 5.41) is 2.93. The first kappa shape index (κ1) is 15.1. The molecule has 1 N–H and O–H groups in total. The highest BCUT2D eigenvalue weighted by atomic mass is 16.5. The first-order valence-electron chi connectivity index (χ1n) is 7.19. The van der Waals surface area contributed by atoms with E-state index in [1.165, 1.54) is 5.56 Å². The molecule has 1 amide bonds. The number of nitrogens with one attached hydrogen (secondary N) is 1. The Labute approximate surface area is 126 Å². The number of hydrogen-bond acceptors (Lipinski definition) is 2. The number of amides is 1. The van der Waals surface area contributed by atoms with E-state index in [1.807, 2.05) is 30.3 Å². The Morgan fingerprint density at radius 3 is 2.67 bits per heavy atom. The molecular formula is C18H21NO2. The maximum Gasteiger partial charge on any atom is 0.255 e. The number of rotatable bonds is 5. The summed E-state index contributed by atoms with van der Waals surface area (Å²) in [6.07, 6.45) is 1.08. The number of carbonyl (C=O) groups is 1. The number of anilines is 1. The molecule has 0 heterocycles. The Morgan fingerprint density at radius 2 is 1.95 bits per heavy atom. The lowest BCUT2D eigenvalue weighted by Gasteiger charge is -2.12. The van der Waals surface area contributed by atoms with Crippen molar-refractivity contribution < 1.29 is 9.53 Å². The van der Waals surface area contributed by atoms with E-state index < -0.39 is 0 Å². The van der Waals surface area contributed by atoms with Crippen LogP contribution in [0, 0.1) is 0 Å². The number of methoxy groups -OCH3 is 1. The van der Waals surface area contributed by atoms with Gasteiger partial charge in [0.25, 0.3) is 5.91 Å². The summed E-state index contributed by atoms with van der Waals surface area (Å²) in [6.45, 7) is 4.34. The highest BCUT2D eigenvalue weighted by Crippen LogP contribution is 2.22. The summed E-state index contributed by atoms with van der Waals surface area (Å²) in [7, 11) is 1.59. The topological polar surface area (TPSA) is 38.3 Å². The van der Waals surface area contributed by atoms with E-state index >= 15 is 0 Å². The molecule has 2 aromatic carbocycles. The van der Waals surface area contributed by atoms with Crippen LogP contribution in [0.25, 0.3) is 0 Å². The standard InChI is InChI=1S/C18H21NO2/c1-4-13(2)14-7-5-9-16(11-14)19-18(20)15-8-6-10-17(12-15)21-3/h5-13H,4H2,1-3H3,(H,19,20). The van der Waals surface area contributed by atoms with Gasteiger partial charge in [0.1, 0.15) is 5.75 Å². The lowest BCUT2D eigenvalue weighted by atomic mass is 9.98. The predicted molar refractivity (Wildman–Crippen MR) is 86.1 cm³/mol. The van der Waals surface area contributed by atoms with Gasteiger partial charge in [-0.25, -0.2) is 0 Å². The van der Waals surface area contributed by atoms with Crippen molar-refractivity contribution in [3.63, 3.8) is 0 Å². The van der Waals surface area contributed by atoms with Crippen LogP contribution in [-0.2, 0) is 0 Å². The molecule has 110 valence electrons. The van der Waals surface area contributed by atoms with E-state index in [9.17, 15) is 4.79 Å². The normalized spacial score (nSPS) is 11.8. The molecule has 3 nitrogen and oxygen atoms in total. The van der Waals surface area contributed by atoms with E-state index in [4.69, 9.17) is 4.74 Å². The van der Waals surface area contributed by atoms with Crippen LogP contribution in [0.3, 0.4) is 0 Å². The number of hydrogen-bond donors (Lipinski definition) is 1. The van der Waals surface area contributed by atoms with E-state index in [1.54, 1.807) is 19.2 Å². The van der Waals surface area contributed by atoms with E-state index in [2.05, 4.69) is 25.2 Å². The lowest BCUT2D eigenvalue weighted by Crippen LogP contribution is -2.12. The quantitative estimate of drug-likeness (QED) is 0.879. The third kappa shape index (κ3) is 3.85. The van der Waals surface area contributed by atoms with Crippen molar-refractivity contribution in [1.29, 1.82) is 0 Å². The van der Waals surface area contributed by atoms with Gasteiger partial charge in [0.05, 0.1) is 7.11 Å². The van der Waals surface area contributed by atoms with Gasteiger partial charge in [0, 0.05) is 11.3 Å². The van der Waals surface area contributed by atoms with E-state index in [0.29, 0.717) is 17.2 Å². The largest absolute Gasteiger partial charge is 0.497 e. The average Bonchev–Trinajstić information content (AvgIpc) is 2.54. The maximum atomic E-state index is 12.3. The fourth-order valence-corrected chi connectivity index (χ4v) is 2.13. The minimum Gasteiger partial charge on any atom is -0.497 e. The zero-order valence-electron chi connectivity index (χ0n) is 12.7. The Morgan fingerprint density at radius 1 is 1.19 bits per heavy atom. The molecule has 0 aliphatic rings. The molecule has 0 radical (unpaired) electrons. The molecule has 0 aliphatic carbocycles. The van der Waals surface area contributed by atoms with Gasteiger partial charge in [-0.3, -0.25) is 4.79 Å². The molecule has 0 aromatic heterocycles. The molecule has 0 fully saturated rings. The summed E-state index contributed by atoms with van der Waals surface area (Å²) in [6, 6.07) is 15.1. The molecule has 21 heavy (non-hydrogen) atoms. The van der Waals surface area contributed by atoms with Crippen molar-refractivity contribution in [2.75, 3.05) is 12.4 Å². The zero-order valence-corrected chi connectivity index (χ0v) is 12.7. The van der Waals surface area contributed by atoms with Gasteiger partial charge in [0.2, 0.25) is 0 Å². The van der Waals surface area contributed by atoms with Crippen LogP contribution < -0.4 is 10.1 Å². The molecule has 3 heteroatoms. The zero-order chi connectivity index (χ0) is 15.2. The van der Waals surface area contributed by atoms with Crippen LogP contribution in [-0.4, -0.2) is 13.0 Å². The average molecular weight is 283 g/mol. The summed E-state index contributed by atoms with van der Waals surface area (Å²) in [5.41, 5.74) is 2.64. The molecule has 0 bridgehead atoms. The van der Waals surface area contributed by atoms with Crippen molar-refractivity contribution in [3.05, 3.63) is 59.7 Å². The van der Waals surface area contributed by atoms with Crippen LogP contribution in [0.15, 0.2) is 48.5 Å². The van der Waals surface area contributed by atoms with E-state index in [-0.39, 0.29) is 5.91 Å². The molecule has 2 rings (SSSR count). The second-order valence-electron chi connectivity index (χ2n) is 5.12. The summed E-state index contributed by atoms with van der Waals surface area (Å²) < 4.78 is 5.14. The highest BCUT2D eigenvalue weighted by Gasteiger charge is 2.09. The second-order valence-corrected chi connectivity index (χ2v) is 5.12. The maximum absolute atomic E-state index is 12.3. The fourth-order valence-electron chi connectivity index (χ4n) is 2.13. The lowest BCUT2D eigenvalue weighted by molar-refractivity contribution is 0.102. The molecule has 0 spiro atoms. The fraction of sp³-hybridized carbons (Fsp3) is 0.278. The first-order chi connectivity index (χ1) is 10.1. The Kier molecular flexibility index (Phi) is 4.99. The Balaban J connectivity index is 2.15. The minimum absolute atomic E-state index is 0.129. The van der Waals surface area contributed by atoms with Crippen LogP contribution in [0.4, 0.5) is 5.69 Å². The van der Waals surface area contributed by atoms with Crippen LogP contribution in [0.5, 0.6) is 5.75 Å². The molecule has 0 saturated heterocycles. The van der Waals surface area contributed by atoms with Crippen molar-refractivity contribution in [2.45, 2.75) is 26.2 Å². The molecular weight excluding hydrogens is 262 g/mol. The number of benzene rings is 2. The van der Waals surface area contributed by atoms with Gasteiger partial charge >= 0.3 is 0 Å². The number of ether oxygens (including phenoxy) is 1. The SMILES string of the molecule is CCC(C)c1cccc(NC(=O)c2cccc(OC)c2)c1. The smallest absolute Gasteiger partial charge is 0.255 e. The van der Waals surface area contributed by atoms with Crippen molar-refractivity contribution in [2.24, 2.45) is 0 Å². The van der Waals surface area contributed by atoms with Crippen molar-refractivity contribution >= 4 is 11.6 Å². The third-order valence-corrected chi connectivity index (χ3v) is 3.66. The van der Waals surface area contributed by atoms with Gasteiger partial charge in [-0.1, -0.05) is 32.0 Å². The van der Waals surface area contributed by atoms with Crippen molar-refractivity contribution in [3.8, 4) is 5.75 Å². The summed E-state index contributed by atoms with van der Waals surface area (Å²) in [4.78, 5) is 12.3. The Hall–Kier alpha value is -2.29. The van der Waals surface area contributed by atoms with Gasteiger partial charge in [-0.2, -0.15) is 0 Å². The molecule has 1 atom stereocenters. The third-order valence-electron chi connectivity index (χ3n) is 3.66. The first-order valence-corrected chi connectivity index (χ1v) is 7.19. The number of carbonyl (C=O) groups excluding carboxylic acids is 1. The second kappa shape index (κ2) is 6.93. The van der Waals surface area contributed by atoms with Gasteiger partial charge < -0.3 is 10.1 Å². The van der Waals surface area contributed by atoms with E-state index in [0.717, 1.165) is 12.1 Å². The molecule has 2 aromatic rings. The van der Waals surface area contributed by atoms with Gasteiger partial charge in [-0.05, 0) is 48.2 Å². The van der Waals surface area contributed by atoms with Gasteiger partial charge in [0.15, 0.2) is 0 Å². The van der Waals surface area contributed by atoms with Crippen LogP contribution in [0.2, 0.25) is 0 Å². The molecule has 1 unspecified atom stereocenters. The molecule has 0 saturated carbocycles. The summed E-state index contributed by atoms with van der Waals surface area (Å²) in [5.74, 6) is 1.03.